The zero-order valence-electron chi connectivity index (χ0n) is 27.0. The molecule has 1 aliphatic heterocycles. The molecule has 4 amide bonds. The summed E-state index contributed by atoms with van der Waals surface area (Å²) in [7, 11) is 0. The van der Waals surface area contributed by atoms with Crippen molar-refractivity contribution in [2.75, 3.05) is 26.2 Å². The minimum Gasteiger partial charge on any atom is -0.481 e. The van der Waals surface area contributed by atoms with E-state index in [4.69, 9.17) is 62.7 Å². The molecule has 0 saturated heterocycles. The van der Waals surface area contributed by atoms with Gasteiger partial charge in [-0.25, -0.2) is 0 Å². The fraction of sp³-hybridized carbons (Fsp3) is 0.243. The lowest BCUT2D eigenvalue weighted by atomic mass is 10.00. The molecule has 9 nitrogen and oxygen atoms in total. The van der Waals surface area contributed by atoms with Gasteiger partial charge >= 0.3 is 0 Å². The van der Waals surface area contributed by atoms with Crippen molar-refractivity contribution < 1.29 is 29.0 Å². The number of nitrogens with zero attached hydrogens (tertiary/aromatic N) is 2. The summed E-state index contributed by atoms with van der Waals surface area (Å²) in [5, 5.41) is 15.9. The topological polar surface area (TPSA) is 116 Å². The Kier molecular flexibility index (Phi) is 13.2. The molecule has 0 aliphatic carbocycles. The highest BCUT2D eigenvalue weighted by atomic mass is 35.5. The molecular formula is C37H32Cl5N3O6. The van der Waals surface area contributed by atoms with Gasteiger partial charge < -0.3 is 20.1 Å². The number of hydrogen-bond acceptors (Lipinski definition) is 6. The van der Waals surface area contributed by atoms with E-state index in [-0.39, 0.29) is 59.4 Å². The van der Waals surface area contributed by atoms with Gasteiger partial charge in [-0.15, -0.1) is 0 Å². The SMILES string of the molecule is O=C(CCN1C(=O)c2ccccc2C1=O)N[C@@H](Cc1ccccc1)[C@@H](O)CN(CCc1ccc(Cl)cc1Cl)C(=O)COc1c(Cl)cc(Cl)cc1Cl. The Morgan fingerprint density at radius 3 is 2.04 bits per heavy atom. The van der Waals surface area contributed by atoms with Crippen molar-refractivity contribution in [2.24, 2.45) is 0 Å². The van der Waals surface area contributed by atoms with E-state index in [9.17, 15) is 24.3 Å². The Hall–Kier alpha value is -3.83. The van der Waals surface area contributed by atoms with Gasteiger partial charge in [-0.1, -0.05) is 107 Å². The first kappa shape index (κ1) is 38.4. The lowest BCUT2D eigenvalue weighted by molar-refractivity contribution is -0.135. The first-order valence-electron chi connectivity index (χ1n) is 15.9. The van der Waals surface area contributed by atoms with Gasteiger partial charge in [0, 0.05) is 41.1 Å². The predicted octanol–water partition coefficient (Wildman–Crippen LogP) is 7.18. The van der Waals surface area contributed by atoms with Gasteiger partial charge in [0.1, 0.15) is 0 Å². The maximum atomic E-state index is 13.7. The van der Waals surface area contributed by atoms with E-state index in [1.165, 1.54) is 17.0 Å². The first-order valence-corrected chi connectivity index (χ1v) is 17.8. The van der Waals surface area contributed by atoms with E-state index in [0.29, 0.717) is 21.5 Å². The second-order valence-corrected chi connectivity index (χ2v) is 13.9. The van der Waals surface area contributed by atoms with Crippen LogP contribution in [0.25, 0.3) is 0 Å². The van der Waals surface area contributed by atoms with E-state index in [1.807, 2.05) is 30.3 Å². The highest BCUT2D eigenvalue weighted by molar-refractivity contribution is 6.40. The van der Waals surface area contributed by atoms with E-state index < -0.39 is 42.4 Å². The van der Waals surface area contributed by atoms with Crippen LogP contribution >= 0.6 is 58.0 Å². The van der Waals surface area contributed by atoms with Gasteiger partial charge in [0.05, 0.1) is 33.3 Å². The van der Waals surface area contributed by atoms with Gasteiger partial charge in [0.25, 0.3) is 17.7 Å². The van der Waals surface area contributed by atoms with Crippen molar-refractivity contribution in [3.8, 4) is 5.75 Å². The third-order valence-corrected chi connectivity index (χ3v) is 9.65. The summed E-state index contributed by atoms with van der Waals surface area (Å²) in [6, 6.07) is 22.7. The van der Waals surface area contributed by atoms with Gasteiger partial charge in [-0.3, -0.25) is 24.1 Å². The highest BCUT2D eigenvalue weighted by Crippen LogP contribution is 2.36. The molecule has 1 aliphatic rings. The molecule has 0 aromatic heterocycles. The second kappa shape index (κ2) is 17.6. The van der Waals surface area contributed by atoms with Crippen LogP contribution < -0.4 is 10.1 Å². The molecule has 1 heterocycles. The van der Waals surface area contributed by atoms with Crippen molar-refractivity contribution in [1.29, 1.82) is 0 Å². The van der Waals surface area contributed by atoms with Gasteiger partial charge in [-0.05, 0) is 60.4 Å². The molecule has 4 aromatic rings. The number of aliphatic hydroxyl groups is 1. The summed E-state index contributed by atoms with van der Waals surface area (Å²) in [6.45, 7) is -0.704. The number of hydrogen-bond donors (Lipinski definition) is 2. The Morgan fingerprint density at radius 2 is 1.41 bits per heavy atom. The number of halogens is 5. The maximum Gasteiger partial charge on any atom is 0.261 e. The molecule has 0 radical (unpaired) electrons. The molecular weight excluding hydrogens is 760 g/mol. The summed E-state index contributed by atoms with van der Waals surface area (Å²) >= 11 is 31.0. The number of benzene rings is 4. The number of fused-ring (bicyclic) bond motifs is 1. The largest absolute Gasteiger partial charge is 0.481 e. The smallest absolute Gasteiger partial charge is 0.261 e. The number of aliphatic hydroxyl groups excluding tert-OH is 1. The third kappa shape index (κ3) is 9.95. The minimum atomic E-state index is -1.26. The van der Waals surface area contributed by atoms with E-state index >= 15 is 0 Å². The molecule has 2 N–H and O–H groups in total. The molecule has 51 heavy (non-hydrogen) atoms. The summed E-state index contributed by atoms with van der Waals surface area (Å²) in [4.78, 5) is 55.1. The molecule has 2 atom stereocenters. The Morgan fingerprint density at radius 1 is 0.804 bits per heavy atom. The Balaban J connectivity index is 1.31. The zero-order valence-corrected chi connectivity index (χ0v) is 30.7. The van der Waals surface area contributed by atoms with Crippen LogP contribution in [0.1, 0.15) is 38.3 Å². The number of amides is 4. The molecule has 0 unspecified atom stereocenters. The van der Waals surface area contributed by atoms with E-state index in [1.54, 1.807) is 42.5 Å². The zero-order chi connectivity index (χ0) is 36.7. The summed E-state index contributed by atoms with van der Waals surface area (Å²) in [5.74, 6) is -1.86. The molecule has 266 valence electrons. The van der Waals surface area contributed by atoms with Gasteiger partial charge in [0.15, 0.2) is 12.4 Å². The lowest BCUT2D eigenvalue weighted by Crippen LogP contribution is -2.52. The number of nitrogens with one attached hydrogen (secondary N) is 1. The third-order valence-electron chi connectivity index (χ3n) is 8.28. The average molecular weight is 792 g/mol. The predicted molar refractivity (Wildman–Crippen MR) is 198 cm³/mol. The number of carbonyl (C=O) groups is 4. The number of carbonyl (C=O) groups excluding carboxylic acids is 4. The minimum absolute atomic E-state index is 0.0737. The monoisotopic (exact) mass is 789 g/mol. The van der Waals surface area contributed by atoms with Crippen molar-refractivity contribution in [3.05, 3.63) is 132 Å². The number of ether oxygens (including phenoxy) is 1. The molecule has 5 rings (SSSR count). The summed E-state index contributed by atoms with van der Waals surface area (Å²) < 4.78 is 5.71. The normalized spacial score (nSPS) is 13.5. The van der Waals surface area contributed by atoms with Crippen LogP contribution in [-0.2, 0) is 22.4 Å². The summed E-state index contributed by atoms with van der Waals surface area (Å²) in [6.07, 6.45) is -0.927. The number of rotatable bonds is 15. The van der Waals surface area contributed by atoms with Crippen LogP contribution in [0.3, 0.4) is 0 Å². The summed E-state index contributed by atoms with van der Waals surface area (Å²) in [5.41, 5.74) is 2.12. The molecule has 0 spiro atoms. The van der Waals surface area contributed by atoms with E-state index in [0.717, 1.165) is 16.0 Å². The molecule has 0 bridgehead atoms. The quantitative estimate of drug-likeness (QED) is 0.123. The highest BCUT2D eigenvalue weighted by Gasteiger charge is 2.35. The maximum absolute atomic E-state index is 13.7. The average Bonchev–Trinajstić information content (AvgIpc) is 3.34. The van der Waals surface area contributed by atoms with Crippen molar-refractivity contribution in [3.63, 3.8) is 0 Å². The fourth-order valence-corrected chi connectivity index (χ4v) is 7.06. The molecule has 0 fully saturated rings. The second-order valence-electron chi connectivity index (χ2n) is 11.8. The standard InChI is InChI=1S/C37H32Cl5N3O6/c38-24-11-10-23(28(40)17-24)12-14-44(34(48)21-51-35-29(41)18-25(39)19-30(35)42)20-32(46)31(16-22-6-2-1-3-7-22)43-33(47)13-15-45-36(49)26-8-4-5-9-27(26)37(45)50/h1-11,17-19,31-32,46H,12-16,20-21H2,(H,43,47)/t31-,32-/m0/s1. The van der Waals surface area contributed by atoms with Crippen LogP contribution in [0.15, 0.2) is 84.9 Å². The Labute approximate surface area is 319 Å². The fourth-order valence-electron chi connectivity index (χ4n) is 5.63. The van der Waals surface area contributed by atoms with Crippen molar-refractivity contribution in [1.82, 2.24) is 15.1 Å². The van der Waals surface area contributed by atoms with Crippen molar-refractivity contribution in [2.45, 2.75) is 31.4 Å². The Bertz CT molecular complexity index is 1870. The van der Waals surface area contributed by atoms with Crippen LogP contribution in [0.4, 0.5) is 0 Å². The lowest BCUT2D eigenvalue weighted by Gasteiger charge is -2.31. The van der Waals surface area contributed by atoms with Crippen LogP contribution in [-0.4, -0.2) is 76.9 Å². The van der Waals surface area contributed by atoms with Crippen LogP contribution in [0.2, 0.25) is 25.1 Å². The number of imide groups is 1. The van der Waals surface area contributed by atoms with Gasteiger partial charge in [-0.2, -0.15) is 0 Å². The molecule has 4 aromatic carbocycles. The van der Waals surface area contributed by atoms with Gasteiger partial charge in [0.2, 0.25) is 5.91 Å². The van der Waals surface area contributed by atoms with Crippen LogP contribution in [0.5, 0.6) is 5.75 Å². The molecule has 0 saturated carbocycles. The first-order chi connectivity index (χ1) is 24.4. The molecule has 14 heteroatoms. The van der Waals surface area contributed by atoms with Crippen LogP contribution in [0, 0.1) is 0 Å². The van der Waals surface area contributed by atoms with Crippen molar-refractivity contribution >= 4 is 81.6 Å². The van der Waals surface area contributed by atoms with E-state index in [2.05, 4.69) is 5.32 Å².